The van der Waals surface area contributed by atoms with Gasteiger partial charge in [0.05, 0.1) is 23.2 Å². The van der Waals surface area contributed by atoms with E-state index in [0.717, 1.165) is 12.1 Å². The van der Waals surface area contributed by atoms with Gasteiger partial charge < -0.3 is 14.9 Å². The van der Waals surface area contributed by atoms with Gasteiger partial charge in [-0.3, -0.25) is 19.7 Å². The molecule has 23 heavy (non-hydrogen) atoms. The maximum Gasteiger partial charge on any atom is 0.281 e. The molecule has 1 aliphatic carbocycles. The van der Waals surface area contributed by atoms with Crippen molar-refractivity contribution in [3.63, 3.8) is 0 Å². The van der Waals surface area contributed by atoms with Gasteiger partial charge in [-0.15, -0.1) is 0 Å². The molecule has 0 spiro atoms. The number of aromatic hydroxyl groups is 2. The summed E-state index contributed by atoms with van der Waals surface area (Å²) in [7, 11) is 1.22. The monoisotopic (exact) mass is 315 g/mol. The molecule has 0 fully saturated rings. The van der Waals surface area contributed by atoms with E-state index in [4.69, 9.17) is 4.74 Å². The van der Waals surface area contributed by atoms with Crippen LogP contribution in [-0.4, -0.2) is 33.8 Å². The molecular formula is C15H9NO7. The van der Waals surface area contributed by atoms with Crippen LogP contribution in [0.15, 0.2) is 24.3 Å². The predicted octanol–water partition coefficient (Wildman–Crippen LogP) is 1.79. The number of phenolic OH excluding ortho intramolecular Hbond substituents is 2. The van der Waals surface area contributed by atoms with Crippen molar-refractivity contribution in [1.82, 2.24) is 0 Å². The standard InChI is InChI=1S/C15H9NO7/c1-23-9-5-8(17)11-12(14(9)19)13(18)6-3-2-4-7(16(21)22)10(6)15(11)20/h2-5,17,19H,1H3. The fourth-order valence-corrected chi connectivity index (χ4v) is 2.62. The molecule has 3 rings (SSSR count). The molecular weight excluding hydrogens is 306 g/mol. The van der Waals surface area contributed by atoms with Crippen LogP contribution in [-0.2, 0) is 0 Å². The lowest BCUT2D eigenvalue weighted by atomic mass is 9.82. The zero-order valence-electron chi connectivity index (χ0n) is 11.7. The minimum absolute atomic E-state index is 0.184. The zero-order chi connectivity index (χ0) is 16.9. The van der Waals surface area contributed by atoms with Crippen LogP contribution in [0, 0.1) is 10.1 Å². The quantitative estimate of drug-likeness (QED) is 0.419. The van der Waals surface area contributed by atoms with Crippen molar-refractivity contribution in [2.24, 2.45) is 0 Å². The van der Waals surface area contributed by atoms with Crippen LogP contribution in [0.5, 0.6) is 17.2 Å². The first-order chi connectivity index (χ1) is 10.9. The normalized spacial score (nSPS) is 12.6. The Morgan fingerprint density at radius 2 is 1.78 bits per heavy atom. The maximum absolute atomic E-state index is 12.6. The van der Waals surface area contributed by atoms with Gasteiger partial charge in [-0.1, -0.05) is 6.07 Å². The van der Waals surface area contributed by atoms with Gasteiger partial charge in [-0.05, 0) is 6.07 Å². The summed E-state index contributed by atoms with van der Waals surface area (Å²) in [5, 5.41) is 31.2. The number of methoxy groups -OCH3 is 1. The second-order valence-corrected chi connectivity index (χ2v) is 4.81. The van der Waals surface area contributed by atoms with Crippen molar-refractivity contribution in [1.29, 1.82) is 0 Å². The Hall–Kier alpha value is -3.42. The molecule has 0 saturated carbocycles. The van der Waals surface area contributed by atoms with Gasteiger partial charge in [0, 0.05) is 17.7 Å². The van der Waals surface area contributed by atoms with Gasteiger partial charge >= 0.3 is 0 Å². The first-order valence-corrected chi connectivity index (χ1v) is 6.38. The van der Waals surface area contributed by atoms with Gasteiger partial charge in [-0.2, -0.15) is 0 Å². The smallest absolute Gasteiger partial charge is 0.281 e. The summed E-state index contributed by atoms with van der Waals surface area (Å²) in [6.45, 7) is 0. The molecule has 0 heterocycles. The van der Waals surface area contributed by atoms with Crippen molar-refractivity contribution in [3.8, 4) is 17.2 Å². The molecule has 2 aromatic carbocycles. The Morgan fingerprint density at radius 3 is 2.39 bits per heavy atom. The van der Waals surface area contributed by atoms with Gasteiger partial charge in [0.25, 0.3) is 5.69 Å². The van der Waals surface area contributed by atoms with Gasteiger partial charge in [0.15, 0.2) is 17.3 Å². The molecule has 0 unspecified atom stereocenters. The van der Waals surface area contributed by atoms with E-state index in [2.05, 4.69) is 0 Å². The molecule has 8 heteroatoms. The van der Waals surface area contributed by atoms with Crippen molar-refractivity contribution in [2.45, 2.75) is 0 Å². The largest absolute Gasteiger partial charge is 0.507 e. The number of nitro groups is 1. The minimum atomic E-state index is -0.905. The lowest BCUT2D eigenvalue weighted by Crippen LogP contribution is -2.22. The molecule has 2 N–H and O–H groups in total. The summed E-state index contributed by atoms with van der Waals surface area (Å²) < 4.78 is 4.84. The van der Waals surface area contributed by atoms with Crippen molar-refractivity contribution < 1.29 is 29.5 Å². The van der Waals surface area contributed by atoms with Crippen molar-refractivity contribution >= 4 is 17.3 Å². The number of nitrogens with zero attached hydrogens (tertiary/aromatic N) is 1. The fraction of sp³-hybridized carbons (Fsp3) is 0.0667. The fourth-order valence-electron chi connectivity index (χ4n) is 2.62. The number of hydrogen-bond donors (Lipinski definition) is 2. The third kappa shape index (κ3) is 1.85. The summed E-state index contributed by atoms with van der Waals surface area (Å²) in [5.41, 5.74) is -2.06. The second kappa shape index (κ2) is 4.80. The number of carbonyl (C=O) groups is 2. The van der Waals surface area contributed by atoms with Crippen molar-refractivity contribution in [2.75, 3.05) is 7.11 Å². The second-order valence-electron chi connectivity index (χ2n) is 4.81. The number of hydrogen-bond acceptors (Lipinski definition) is 7. The number of benzene rings is 2. The highest BCUT2D eigenvalue weighted by molar-refractivity contribution is 6.31. The van der Waals surface area contributed by atoms with E-state index in [-0.39, 0.29) is 11.3 Å². The molecule has 0 aliphatic heterocycles. The van der Waals surface area contributed by atoms with Crippen LogP contribution in [0.2, 0.25) is 0 Å². The Balaban J connectivity index is 2.41. The van der Waals surface area contributed by atoms with Gasteiger partial charge in [-0.25, -0.2) is 0 Å². The molecule has 0 radical (unpaired) electrons. The van der Waals surface area contributed by atoms with Gasteiger partial charge in [0.1, 0.15) is 11.3 Å². The van der Waals surface area contributed by atoms with Crippen LogP contribution in [0.3, 0.4) is 0 Å². The molecule has 0 amide bonds. The number of phenols is 2. The Bertz CT molecular complexity index is 901. The first-order valence-electron chi connectivity index (χ1n) is 6.38. The number of ketones is 2. The van der Waals surface area contributed by atoms with E-state index in [1.165, 1.54) is 19.2 Å². The summed E-state index contributed by atoms with van der Waals surface area (Å²) >= 11 is 0. The topological polar surface area (TPSA) is 127 Å². The molecule has 0 atom stereocenters. The van der Waals surface area contributed by atoms with Crippen LogP contribution in [0.1, 0.15) is 31.8 Å². The number of fused-ring (bicyclic) bond motifs is 2. The number of rotatable bonds is 2. The third-order valence-electron chi connectivity index (χ3n) is 3.63. The lowest BCUT2D eigenvalue weighted by molar-refractivity contribution is -0.385. The van der Waals surface area contributed by atoms with E-state index in [1.807, 2.05) is 0 Å². The maximum atomic E-state index is 12.6. The number of carbonyl (C=O) groups excluding carboxylic acids is 2. The van der Waals surface area contributed by atoms with Crippen molar-refractivity contribution in [3.05, 3.63) is 56.6 Å². The molecule has 2 aromatic rings. The van der Waals surface area contributed by atoms with E-state index in [9.17, 15) is 29.9 Å². The lowest BCUT2D eigenvalue weighted by Gasteiger charge is -2.20. The van der Waals surface area contributed by atoms with E-state index in [0.29, 0.717) is 0 Å². The summed E-state index contributed by atoms with van der Waals surface area (Å²) in [4.78, 5) is 35.5. The summed E-state index contributed by atoms with van der Waals surface area (Å²) in [6, 6.07) is 4.58. The molecule has 0 saturated heterocycles. The third-order valence-corrected chi connectivity index (χ3v) is 3.63. The molecule has 0 bridgehead atoms. The summed E-state index contributed by atoms with van der Waals surface area (Å²) in [6.07, 6.45) is 0. The molecule has 116 valence electrons. The van der Waals surface area contributed by atoms with E-state index >= 15 is 0 Å². The molecule has 0 aromatic heterocycles. The Morgan fingerprint density at radius 1 is 1.09 bits per heavy atom. The van der Waals surface area contributed by atoms with Gasteiger partial charge in [0.2, 0.25) is 5.78 Å². The van der Waals surface area contributed by atoms with Crippen LogP contribution >= 0.6 is 0 Å². The minimum Gasteiger partial charge on any atom is -0.507 e. The predicted molar refractivity (Wildman–Crippen MR) is 76.3 cm³/mol. The Kier molecular flexibility index (Phi) is 3.03. The first kappa shape index (κ1) is 14.5. The summed E-state index contributed by atoms with van der Waals surface area (Å²) in [5.74, 6) is -3.09. The highest BCUT2D eigenvalue weighted by Gasteiger charge is 2.40. The van der Waals surface area contributed by atoms with E-state index in [1.54, 1.807) is 0 Å². The SMILES string of the molecule is COc1cc(O)c2c(c1O)C(=O)c1cccc([N+](=O)[O-])c1C2=O. The zero-order valence-corrected chi connectivity index (χ0v) is 11.7. The number of nitro benzene ring substituents is 1. The average molecular weight is 315 g/mol. The Labute approximate surface area is 128 Å². The average Bonchev–Trinajstić information content (AvgIpc) is 2.53. The molecule has 1 aliphatic rings. The van der Waals surface area contributed by atoms with Crippen LogP contribution < -0.4 is 4.74 Å². The van der Waals surface area contributed by atoms with Crippen LogP contribution in [0.25, 0.3) is 0 Å². The highest BCUT2D eigenvalue weighted by Crippen LogP contribution is 2.44. The highest BCUT2D eigenvalue weighted by atomic mass is 16.6. The molecule has 8 nitrogen and oxygen atoms in total. The number of ether oxygens (including phenoxy) is 1. The van der Waals surface area contributed by atoms with Crippen LogP contribution in [0.4, 0.5) is 5.69 Å². The van der Waals surface area contributed by atoms with E-state index < -0.39 is 50.4 Å².